The van der Waals surface area contributed by atoms with E-state index in [-0.39, 0.29) is 42.5 Å². The quantitative estimate of drug-likeness (QED) is 0.123. The predicted octanol–water partition coefficient (Wildman–Crippen LogP) is 4.44. The molecular formula is C36H37FN10O3. The second kappa shape index (κ2) is 13.6. The van der Waals surface area contributed by atoms with E-state index in [2.05, 4.69) is 40.5 Å². The number of nitrogens with one attached hydrogen (secondary N) is 2. The molecule has 2 amide bonds. The fourth-order valence-electron chi connectivity index (χ4n) is 6.91. The summed E-state index contributed by atoms with van der Waals surface area (Å²) in [6.07, 6.45) is 5.55. The lowest BCUT2D eigenvalue weighted by Crippen LogP contribution is -2.56. The number of hydrogen-bond acceptors (Lipinski definition) is 10. The minimum Gasteiger partial charge on any atom is -0.411 e. The number of H-pyrrole nitrogens is 1. The van der Waals surface area contributed by atoms with Crippen molar-refractivity contribution in [2.24, 2.45) is 10.6 Å². The lowest BCUT2D eigenvalue weighted by molar-refractivity contribution is -0.135. The zero-order valence-corrected chi connectivity index (χ0v) is 27.8. The average Bonchev–Trinajstić information content (AvgIpc) is 3.77. The highest BCUT2D eigenvalue weighted by Gasteiger charge is 2.48. The Labute approximate surface area is 287 Å². The molecule has 0 aliphatic carbocycles. The van der Waals surface area contributed by atoms with Crippen LogP contribution in [0.4, 0.5) is 15.9 Å². The van der Waals surface area contributed by atoms with Crippen molar-refractivity contribution < 1.29 is 19.2 Å². The molecule has 5 heterocycles. The molecule has 7 rings (SSSR count). The Bertz CT molecular complexity index is 2040. The minimum atomic E-state index is -1.13. The Morgan fingerprint density at radius 1 is 1.04 bits per heavy atom. The maximum absolute atomic E-state index is 14.0. The van der Waals surface area contributed by atoms with E-state index in [4.69, 9.17) is 0 Å². The van der Waals surface area contributed by atoms with E-state index in [9.17, 15) is 19.2 Å². The van der Waals surface area contributed by atoms with Crippen molar-refractivity contribution in [1.29, 1.82) is 0 Å². The number of benzene rings is 2. The van der Waals surface area contributed by atoms with Crippen molar-refractivity contribution in [3.63, 3.8) is 0 Å². The smallest absolute Gasteiger partial charge is 0.237 e. The van der Waals surface area contributed by atoms with Crippen LogP contribution >= 0.6 is 0 Å². The summed E-state index contributed by atoms with van der Waals surface area (Å²) in [5, 5.41) is 24.4. The molecular weight excluding hydrogens is 639 g/mol. The van der Waals surface area contributed by atoms with Gasteiger partial charge in [-0.15, -0.1) is 0 Å². The molecule has 2 aliphatic heterocycles. The fraction of sp³-hybridized carbons (Fsp3) is 0.306. The van der Waals surface area contributed by atoms with Crippen molar-refractivity contribution in [1.82, 2.24) is 34.9 Å². The van der Waals surface area contributed by atoms with Crippen molar-refractivity contribution in [2.75, 3.05) is 49.5 Å². The molecule has 3 aromatic heterocycles. The van der Waals surface area contributed by atoms with Gasteiger partial charge >= 0.3 is 0 Å². The van der Waals surface area contributed by atoms with E-state index in [0.29, 0.717) is 49.8 Å². The number of hydrogen-bond donors (Lipinski definition) is 3. The summed E-state index contributed by atoms with van der Waals surface area (Å²) >= 11 is 0. The minimum absolute atomic E-state index is 0.0183. The molecule has 2 atom stereocenters. The number of likely N-dealkylation sites (tertiary alicyclic amines) is 1. The second-order valence-corrected chi connectivity index (χ2v) is 12.9. The number of amides is 2. The van der Waals surface area contributed by atoms with Gasteiger partial charge in [0.25, 0.3) is 0 Å². The Morgan fingerprint density at radius 2 is 1.82 bits per heavy atom. The maximum Gasteiger partial charge on any atom is 0.237 e. The van der Waals surface area contributed by atoms with Crippen molar-refractivity contribution >= 4 is 39.9 Å². The Kier molecular flexibility index (Phi) is 8.93. The Hall–Kier alpha value is -5.76. The van der Waals surface area contributed by atoms with Gasteiger partial charge in [0.2, 0.25) is 11.8 Å². The summed E-state index contributed by atoms with van der Waals surface area (Å²) in [4.78, 5) is 46.8. The number of halogens is 1. The molecule has 13 nitrogen and oxygen atoms in total. The highest BCUT2D eigenvalue weighted by atomic mass is 19.1. The summed E-state index contributed by atoms with van der Waals surface area (Å²) < 4.78 is 13.5. The number of rotatable bonds is 8. The van der Waals surface area contributed by atoms with E-state index in [1.54, 1.807) is 49.8 Å². The van der Waals surface area contributed by atoms with Gasteiger partial charge < -0.3 is 20.3 Å². The van der Waals surface area contributed by atoms with Crippen LogP contribution in [0.3, 0.4) is 0 Å². The lowest BCUT2D eigenvalue weighted by atomic mass is 9.81. The van der Waals surface area contributed by atoms with E-state index in [0.717, 1.165) is 27.8 Å². The molecule has 2 aliphatic rings. The molecule has 14 heteroatoms. The summed E-state index contributed by atoms with van der Waals surface area (Å²) in [5.41, 5.74) is 2.65. The van der Waals surface area contributed by atoms with E-state index >= 15 is 0 Å². The number of carbonyl (C=O) groups excluding carboxylic acids is 2. The average molecular weight is 677 g/mol. The number of piperazine rings is 1. The van der Waals surface area contributed by atoms with Crippen LogP contribution in [0.15, 0.2) is 84.4 Å². The predicted molar refractivity (Wildman–Crippen MR) is 187 cm³/mol. The highest BCUT2D eigenvalue weighted by molar-refractivity contribution is 6.13. The zero-order valence-electron chi connectivity index (χ0n) is 27.8. The first-order valence-corrected chi connectivity index (χ1v) is 16.5. The number of oxime groups is 1. The van der Waals surface area contributed by atoms with Gasteiger partial charge in [-0.25, -0.2) is 19.3 Å². The van der Waals surface area contributed by atoms with Crippen LogP contribution in [0.1, 0.15) is 20.3 Å². The fourth-order valence-corrected chi connectivity index (χ4v) is 6.91. The molecule has 50 heavy (non-hydrogen) atoms. The molecule has 2 aromatic carbocycles. The number of fused-ring (bicyclic) bond motifs is 1. The normalized spacial score (nSPS) is 20.0. The summed E-state index contributed by atoms with van der Waals surface area (Å²) in [6.45, 7) is 6.32. The van der Waals surface area contributed by atoms with Crippen molar-refractivity contribution in [2.45, 2.75) is 26.3 Å². The van der Waals surface area contributed by atoms with E-state index in [1.807, 2.05) is 41.0 Å². The second-order valence-electron chi connectivity index (χ2n) is 12.9. The lowest BCUT2D eigenvalue weighted by Gasteiger charge is -2.41. The molecule has 2 unspecified atom stereocenters. The summed E-state index contributed by atoms with van der Waals surface area (Å²) in [5.74, 6) is 0.763. The highest BCUT2D eigenvalue weighted by Crippen LogP contribution is 2.35. The van der Waals surface area contributed by atoms with Crippen LogP contribution < -0.4 is 10.2 Å². The van der Waals surface area contributed by atoms with E-state index < -0.39 is 5.41 Å². The summed E-state index contributed by atoms with van der Waals surface area (Å²) in [7, 11) is 0. The molecule has 0 saturated carbocycles. The van der Waals surface area contributed by atoms with Gasteiger partial charge in [0.05, 0.1) is 23.5 Å². The van der Waals surface area contributed by atoms with Gasteiger partial charge in [-0.2, -0.15) is 5.10 Å². The van der Waals surface area contributed by atoms with Crippen LogP contribution in [0.25, 0.3) is 33.5 Å². The maximum atomic E-state index is 14.0. The third-order valence-electron chi connectivity index (χ3n) is 9.77. The van der Waals surface area contributed by atoms with Crippen molar-refractivity contribution in [3.05, 3.63) is 85.1 Å². The van der Waals surface area contributed by atoms with Crippen LogP contribution in [0.2, 0.25) is 0 Å². The Morgan fingerprint density at radius 3 is 2.54 bits per heavy atom. The molecule has 3 N–H and O–H groups in total. The van der Waals surface area contributed by atoms with Crippen LogP contribution in [0.5, 0.6) is 0 Å². The van der Waals surface area contributed by atoms with Crippen LogP contribution in [-0.2, 0) is 9.59 Å². The number of aromatic amines is 1. The third-order valence-corrected chi connectivity index (χ3v) is 9.77. The molecule has 0 spiro atoms. The number of carbonyl (C=O) groups is 2. The van der Waals surface area contributed by atoms with E-state index in [1.165, 1.54) is 12.1 Å². The molecule has 256 valence electrons. The molecule has 2 saturated heterocycles. The molecule has 5 aromatic rings. The first-order chi connectivity index (χ1) is 24.2. The number of anilines is 2. The van der Waals surface area contributed by atoms with Gasteiger partial charge in [-0.05, 0) is 80.9 Å². The van der Waals surface area contributed by atoms with Gasteiger partial charge in [0.15, 0.2) is 5.82 Å². The van der Waals surface area contributed by atoms with Crippen LogP contribution in [-0.4, -0.2) is 103 Å². The largest absolute Gasteiger partial charge is 0.411 e. The number of pyridine rings is 1. The topological polar surface area (TPSA) is 156 Å². The van der Waals surface area contributed by atoms with Gasteiger partial charge in [0, 0.05) is 79.6 Å². The Balaban J connectivity index is 0.993. The first kappa shape index (κ1) is 32.8. The number of nitrogens with zero attached hydrogens (tertiary/aromatic N) is 8. The molecule has 0 bridgehead atoms. The number of aromatic nitrogens is 5. The van der Waals surface area contributed by atoms with Gasteiger partial charge in [-0.3, -0.25) is 19.6 Å². The SMILES string of the molecule is C/C(=N\O)C1(C(=O)Nc2ccc3[nH]nc(-c4ccc(F)cc4)c3c2)CCN(CC(=O)N2CCN(c3ccc(-c4ncccn4)cn3)CC2C)C1. The first-order valence-electron chi connectivity index (χ1n) is 16.5. The summed E-state index contributed by atoms with van der Waals surface area (Å²) in [6, 6.07) is 17.1. The zero-order chi connectivity index (χ0) is 34.8. The van der Waals surface area contributed by atoms with Gasteiger partial charge in [0.1, 0.15) is 17.1 Å². The monoisotopic (exact) mass is 676 g/mol. The van der Waals surface area contributed by atoms with Gasteiger partial charge in [-0.1, -0.05) is 5.16 Å². The standard InChI is InChI=1S/C36H37FN10O3/c1-23-20-46(31-11-6-26(19-40-31)34-38-13-3-14-39-34)16-17-47(23)32(48)21-45-15-12-36(22-45,24(2)44-50)35(49)41-28-9-10-30-29(18-28)33(43-42-30)25-4-7-27(37)8-5-25/h3-11,13-14,18-19,23,50H,12,15-17,20-22H2,1-2H3,(H,41,49)(H,42,43)/b44-24+. The van der Waals surface area contributed by atoms with Crippen molar-refractivity contribution in [3.8, 4) is 22.6 Å². The molecule has 2 fully saturated rings. The van der Waals surface area contributed by atoms with Crippen LogP contribution in [0, 0.1) is 11.2 Å². The third kappa shape index (κ3) is 6.36. The molecule has 0 radical (unpaired) electrons.